The minimum atomic E-state index is 0.146. The Hall–Kier alpha value is -0.520. The van der Waals surface area contributed by atoms with Crippen molar-refractivity contribution < 1.29 is 5.11 Å². The van der Waals surface area contributed by atoms with Crippen molar-refractivity contribution in [2.24, 2.45) is 0 Å². The van der Waals surface area contributed by atoms with Crippen LogP contribution in [0.1, 0.15) is 18.4 Å². The summed E-state index contributed by atoms with van der Waals surface area (Å²) in [7, 11) is 0. The van der Waals surface area contributed by atoms with E-state index in [2.05, 4.69) is 22.2 Å². The molecule has 0 aromatic carbocycles. The number of aromatic nitrogens is 2. The maximum atomic E-state index is 8.77. The molecule has 16 heavy (non-hydrogen) atoms. The van der Waals surface area contributed by atoms with E-state index in [1.807, 2.05) is 12.4 Å². The van der Waals surface area contributed by atoms with Gasteiger partial charge in [0.25, 0.3) is 0 Å². The van der Waals surface area contributed by atoms with Gasteiger partial charge < -0.3 is 10.4 Å². The van der Waals surface area contributed by atoms with Gasteiger partial charge in [-0.15, -0.1) is 0 Å². The Labute approximate surface area is 100 Å². The molecule has 1 aliphatic heterocycles. The number of hydrogen-bond acceptors (Lipinski definition) is 4. The molecule has 0 spiro atoms. The molecular formula is C11H19N3OS. The molecule has 2 heterocycles. The fourth-order valence-electron chi connectivity index (χ4n) is 1.91. The van der Waals surface area contributed by atoms with Crippen LogP contribution in [0.2, 0.25) is 0 Å². The van der Waals surface area contributed by atoms with Gasteiger partial charge in [-0.3, -0.25) is 4.68 Å². The summed E-state index contributed by atoms with van der Waals surface area (Å²) in [5.74, 6) is 1.32. The molecule has 1 fully saturated rings. The molecular weight excluding hydrogens is 222 g/mol. The number of hydrogen-bond donors (Lipinski definition) is 2. The third kappa shape index (κ3) is 3.50. The number of thioether (sulfide) groups is 1. The highest BCUT2D eigenvalue weighted by atomic mass is 32.2. The summed E-state index contributed by atoms with van der Waals surface area (Å²) in [4.78, 5) is 0. The van der Waals surface area contributed by atoms with E-state index in [0.717, 1.165) is 18.3 Å². The molecule has 0 amide bonds. The Balaban J connectivity index is 1.67. The normalized spacial score (nSPS) is 20.4. The molecule has 0 saturated carbocycles. The molecule has 1 aromatic heterocycles. The average Bonchev–Trinajstić information content (AvgIpc) is 2.90. The zero-order valence-corrected chi connectivity index (χ0v) is 10.2. The lowest BCUT2D eigenvalue weighted by Crippen LogP contribution is -2.22. The molecule has 0 aliphatic carbocycles. The molecule has 1 atom stereocenters. The van der Waals surface area contributed by atoms with E-state index in [1.54, 1.807) is 4.68 Å². The second kappa shape index (κ2) is 6.27. The molecule has 2 N–H and O–H groups in total. The average molecular weight is 241 g/mol. The van der Waals surface area contributed by atoms with Gasteiger partial charge in [-0.2, -0.15) is 16.9 Å². The monoisotopic (exact) mass is 241 g/mol. The molecule has 4 nitrogen and oxygen atoms in total. The van der Waals surface area contributed by atoms with Crippen LogP contribution in [0.25, 0.3) is 0 Å². The zero-order valence-electron chi connectivity index (χ0n) is 9.43. The van der Waals surface area contributed by atoms with Gasteiger partial charge in [0, 0.05) is 30.1 Å². The minimum absolute atomic E-state index is 0.146. The largest absolute Gasteiger partial charge is 0.394 e. The maximum absolute atomic E-state index is 8.77. The fraction of sp³-hybridized carbons (Fsp3) is 0.727. The van der Waals surface area contributed by atoms with E-state index in [-0.39, 0.29) is 6.61 Å². The second-order valence-corrected chi connectivity index (χ2v) is 5.51. The lowest BCUT2D eigenvalue weighted by atomic mass is 10.2. The molecule has 1 saturated heterocycles. The summed E-state index contributed by atoms with van der Waals surface area (Å²) < 4.78 is 1.78. The van der Waals surface area contributed by atoms with Crippen LogP contribution in [0.5, 0.6) is 0 Å². The smallest absolute Gasteiger partial charge is 0.0640 e. The van der Waals surface area contributed by atoms with Crippen LogP contribution >= 0.6 is 11.8 Å². The van der Waals surface area contributed by atoms with Crippen molar-refractivity contribution in [2.45, 2.75) is 31.2 Å². The van der Waals surface area contributed by atoms with Gasteiger partial charge in [-0.1, -0.05) is 0 Å². The summed E-state index contributed by atoms with van der Waals surface area (Å²) >= 11 is 2.07. The van der Waals surface area contributed by atoms with Crippen molar-refractivity contribution in [3.05, 3.63) is 18.0 Å². The highest BCUT2D eigenvalue weighted by molar-refractivity contribution is 8.00. The predicted molar refractivity (Wildman–Crippen MR) is 66.5 cm³/mol. The Morgan fingerprint density at radius 2 is 2.56 bits per heavy atom. The molecule has 1 aromatic rings. The van der Waals surface area contributed by atoms with Crippen LogP contribution in [-0.4, -0.2) is 39.0 Å². The molecule has 5 heteroatoms. The lowest BCUT2D eigenvalue weighted by Gasteiger charge is -2.08. The van der Waals surface area contributed by atoms with Gasteiger partial charge >= 0.3 is 0 Å². The molecule has 90 valence electrons. The van der Waals surface area contributed by atoms with Crippen LogP contribution in [0.3, 0.4) is 0 Å². The van der Waals surface area contributed by atoms with E-state index >= 15 is 0 Å². The molecule has 2 rings (SSSR count). The van der Waals surface area contributed by atoms with Crippen molar-refractivity contribution in [1.29, 1.82) is 0 Å². The van der Waals surface area contributed by atoms with Gasteiger partial charge in [-0.25, -0.2) is 0 Å². The van der Waals surface area contributed by atoms with Gasteiger partial charge in [0.05, 0.1) is 19.3 Å². The molecule has 1 aliphatic rings. The van der Waals surface area contributed by atoms with Crippen molar-refractivity contribution in [1.82, 2.24) is 15.1 Å². The topological polar surface area (TPSA) is 50.1 Å². The van der Waals surface area contributed by atoms with E-state index in [4.69, 9.17) is 5.11 Å². The molecule has 0 bridgehead atoms. The highest BCUT2D eigenvalue weighted by Crippen LogP contribution is 2.25. The van der Waals surface area contributed by atoms with Crippen molar-refractivity contribution in [3.8, 4) is 0 Å². The van der Waals surface area contributed by atoms with E-state index < -0.39 is 0 Å². The Bertz CT molecular complexity index is 310. The summed E-state index contributed by atoms with van der Waals surface area (Å²) in [5.41, 5.74) is 1.19. The van der Waals surface area contributed by atoms with Crippen LogP contribution in [-0.2, 0) is 13.1 Å². The molecule has 1 unspecified atom stereocenters. The van der Waals surface area contributed by atoms with E-state index in [1.165, 1.54) is 24.2 Å². The van der Waals surface area contributed by atoms with Crippen LogP contribution in [0.4, 0.5) is 0 Å². The van der Waals surface area contributed by atoms with Crippen molar-refractivity contribution in [2.75, 3.05) is 18.9 Å². The highest BCUT2D eigenvalue weighted by Gasteiger charge is 2.14. The van der Waals surface area contributed by atoms with Gasteiger partial charge in [-0.05, 0) is 18.6 Å². The van der Waals surface area contributed by atoms with Gasteiger partial charge in [0.1, 0.15) is 0 Å². The Morgan fingerprint density at radius 3 is 3.31 bits per heavy atom. The third-order valence-electron chi connectivity index (χ3n) is 2.74. The number of nitrogens with zero attached hydrogens (tertiary/aromatic N) is 2. The Kier molecular flexibility index (Phi) is 4.69. The van der Waals surface area contributed by atoms with Crippen LogP contribution in [0.15, 0.2) is 12.4 Å². The summed E-state index contributed by atoms with van der Waals surface area (Å²) in [6.07, 6.45) is 6.57. The number of aliphatic hydroxyl groups is 1. The Morgan fingerprint density at radius 1 is 1.62 bits per heavy atom. The fourth-order valence-corrected chi connectivity index (χ4v) is 3.14. The summed E-state index contributed by atoms with van der Waals surface area (Å²) in [6.45, 7) is 2.70. The zero-order chi connectivity index (χ0) is 11.2. The summed E-state index contributed by atoms with van der Waals surface area (Å²) in [6, 6.07) is 0. The number of nitrogens with one attached hydrogen (secondary N) is 1. The first-order valence-electron chi connectivity index (χ1n) is 5.83. The first kappa shape index (κ1) is 12.0. The van der Waals surface area contributed by atoms with Crippen molar-refractivity contribution >= 4 is 11.8 Å². The third-order valence-corrected chi connectivity index (χ3v) is 4.14. The minimum Gasteiger partial charge on any atom is -0.394 e. The molecule has 0 radical (unpaired) electrons. The van der Waals surface area contributed by atoms with E-state index in [9.17, 15) is 0 Å². The standard InChI is InChI=1S/C11H19N3OS/c15-4-3-14-9-10(7-13-14)6-12-8-11-2-1-5-16-11/h7,9,11-12,15H,1-6,8H2. The van der Waals surface area contributed by atoms with Gasteiger partial charge in [0.2, 0.25) is 0 Å². The predicted octanol–water partition coefficient (Wildman–Crippen LogP) is 0.861. The first-order valence-corrected chi connectivity index (χ1v) is 6.88. The summed E-state index contributed by atoms with van der Waals surface area (Å²) in [5, 5.41) is 17.2. The number of aliphatic hydroxyl groups excluding tert-OH is 1. The SMILES string of the molecule is OCCn1cc(CNCC2CCCS2)cn1. The van der Waals surface area contributed by atoms with Crippen molar-refractivity contribution in [3.63, 3.8) is 0 Å². The van der Waals surface area contributed by atoms with Gasteiger partial charge in [0.15, 0.2) is 0 Å². The first-order chi connectivity index (χ1) is 7.88. The van der Waals surface area contributed by atoms with Crippen LogP contribution in [0, 0.1) is 0 Å². The lowest BCUT2D eigenvalue weighted by molar-refractivity contribution is 0.269. The quantitative estimate of drug-likeness (QED) is 0.775. The van der Waals surface area contributed by atoms with Crippen LogP contribution < -0.4 is 5.32 Å². The second-order valence-electron chi connectivity index (χ2n) is 4.10. The maximum Gasteiger partial charge on any atom is 0.0640 e. The van der Waals surface area contributed by atoms with E-state index in [0.29, 0.717) is 6.54 Å². The number of rotatable bonds is 6.